The van der Waals surface area contributed by atoms with Crippen molar-refractivity contribution in [3.63, 3.8) is 0 Å². The zero-order chi connectivity index (χ0) is 13.7. The van der Waals surface area contributed by atoms with Crippen LogP contribution in [0.3, 0.4) is 0 Å². The molecule has 1 atom stereocenters. The summed E-state index contributed by atoms with van der Waals surface area (Å²) in [5.74, 6) is 0.0753. The van der Waals surface area contributed by atoms with Gasteiger partial charge in [-0.25, -0.2) is 0 Å². The van der Waals surface area contributed by atoms with E-state index >= 15 is 0 Å². The Morgan fingerprint density at radius 3 is 2.47 bits per heavy atom. The van der Waals surface area contributed by atoms with Gasteiger partial charge in [0.25, 0.3) is 0 Å². The first-order chi connectivity index (χ1) is 9.09. The lowest BCUT2D eigenvalue weighted by Crippen LogP contribution is -2.51. The highest BCUT2D eigenvalue weighted by molar-refractivity contribution is 5.81. The summed E-state index contributed by atoms with van der Waals surface area (Å²) in [7, 11) is 0. The average Bonchev–Trinajstić information content (AvgIpc) is 2.90. The van der Waals surface area contributed by atoms with Crippen molar-refractivity contribution in [3.05, 3.63) is 0 Å². The van der Waals surface area contributed by atoms with Crippen LogP contribution in [0.5, 0.6) is 0 Å². The quantitative estimate of drug-likeness (QED) is 0.711. The second kappa shape index (κ2) is 6.71. The second-order valence-electron chi connectivity index (χ2n) is 6.38. The molecule has 19 heavy (non-hydrogen) atoms. The summed E-state index contributed by atoms with van der Waals surface area (Å²) < 4.78 is 0. The van der Waals surface area contributed by atoms with Crippen LogP contribution in [0.2, 0.25) is 0 Å². The zero-order valence-corrected chi connectivity index (χ0v) is 12.1. The normalized spacial score (nSPS) is 25.2. The predicted molar refractivity (Wildman–Crippen MR) is 75.9 cm³/mol. The molecule has 2 saturated carbocycles. The first kappa shape index (κ1) is 14.8. The summed E-state index contributed by atoms with van der Waals surface area (Å²) in [6.07, 6.45) is 9.82. The summed E-state index contributed by atoms with van der Waals surface area (Å²) in [5.41, 5.74) is -0.597. The Kier molecular flexibility index (Phi) is 5.22. The van der Waals surface area contributed by atoms with Gasteiger partial charge in [-0.05, 0) is 32.6 Å². The van der Waals surface area contributed by atoms with Gasteiger partial charge in [0.1, 0.15) is 0 Å². The number of carbonyl (C=O) groups excluding carboxylic acids is 1. The van der Waals surface area contributed by atoms with E-state index in [0.29, 0.717) is 12.6 Å². The molecule has 0 radical (unpaired) electrons. The Morgan fingerprint density at radius 1 is 1.21 bits per heavy atom. The van der Waals surface area contributed by atoms with Crippen LogP contribution in [0.15, 0.2) is 0 Å². The van der Waals surface area contributed by atoms with E-state index in [1.807, 2.05) is 6.92 Å². The molecule has 2 aliphatic carbocycles. The first-order valence-corrected chi connectivity index (χ1v) is 7.85. The molecule has 0 bridgehead atoms. The van der Waals surface area contributed by atoms with Gasteiger partial charge in [-0.3, -0.25) is 4.79 Å². The molecular weight excluding hydrogens is 240 g/mol. The molecule has 0 heterocycles. The van der Waals surface area contributed by atoms with Gasteiger partial charge in [0.2, 0.25) is 5.91 Å². The number of amides is 1. The Hall–Kier alpha value is -0.610. The summed E-state index contributed by atoms with van der Waals surface area (Å²) >= 11 is 0. The van der Waals surface area contributed by atoms with Gasteiger partial charge in [-0.1, -0.05) is 32.1 Å². The smallest absolute Gasteiger partial charge is 0.237 e. The molecule has 2 aliphatic rings. The number of aliphatic hydroxyl groups is 1. The molecule has 0 aromatic heterocycles. The molecular formula is C15H28N2O2. The Labute approximate surface area is 116 Å². The van der Waals surface area contributed by atoms with E-state index in [9.17, 15) is 9.90 Å². The maximum atomic E-state index is 12.0. The fourth-order valence-electron chi connectivity index (χ4n) is 3.22. The van der Waals surface area contributed by atoms with Gasteiger partial charge in [0, 0.05) is 12.6 Å². The molecule has 4 nitrogen and oxygen atoms in total. The monoisotopic (exact) mass is 268 g/mol. The van der Waals surface area contributed by atoms with Gasteiger partial charge < -0.3 is 15.7 Å². The van der Waals surface area contributed by atoms with Gasteiger partial charge >= 0.3 is 0 Å². The SMILES string of the molecule is C[C@@H](NCC1(O)CCCCC1)C(=O)NC1CCCC1. The molecule has 4 heteroatoms. The van der Waals surface area contributed by atoms with Crippen molar-refractivity contribution in [1.82, 2.24) is 10.6 Å². The average molecular weight is 268 g/mol. The van der Waals surface area contributed by atoms with Crippen LogP contribution in [0.1, 0.15) is 64.7 Å². The molecule has 0 spiro atoms. The first-order valence-electron chi connectivity index (χ1n) is 7.85. The molecule has 0 saturated heterocycles. The minimum Gasteiger partial charge on any atom is -0.389 e. The lowest BCUT2D eigenvalue weighted by atomic mass is 9.85. The highest BCUT2D eigenvalue weighted by Gasteiger charge is 2.30. The minimum absolute atomic E-state index is 0.0753. The zero-order valence-electron chi connectivity index (χ0n) is 12.1. The van der Waals surface area contributed by atoms with Crippen molar-refractivity contribution in [1.29, 1.82) is 0 Å². The molecule has 2 rings (SSSR count). The fourth-order valence-corrected chi connectivity index (χ4v) is 3.22. The minimum atomic E-state index is -0.597. The van der Waals surface area contributed by atoms with E-state index in [2.05, 4.69) is 10.6 Å². The van der Waals surface area contributed by atoms with E-state index in [0.717, 1.165) is 38.5 Å². The maximum Gasteiger partial charge on any atom is 0.237 e. The lowest BCUT2D eigenvalue weighted by Gasteiger charge is -2.33. The van der Waals surface area contributed by atoms with Crippen molar-refractivity contribution in [3.8, 4) is 0 Å². The van der Waals surface area contributed by atoms with E-state index in [1.54, 1.807) is 0 Å². The highest BCUT2D eigenvalue weighted by Crippen LogP contribution is 2.27. The molecule has 110 valence electrons. The highest BCUT2D eigenvalue weighted by atomic mass is 16.3. The van der Waals surface area contributed by atoms with Crippen LogP contribution in [0.4, 0.5) is 0 Å². The lowest BCUT2D eigenvalue weighted by molar-refractivity contribution is -0.123. The molecule has 1 amide bonds. The third kappa shape index (κ3) is 4.46. The largest absolute Gasteiger partial charge is 0.389 e. The van der Waals surface area contributed by atoms with E-state index in [-0.39, 0.29) is 11.9 Å². The number of carbonyl (C=O) groups is 1. The van der Waals surface area contributed by atoms with E-state index in [1.165, 1.54) is 19.3 Å². The Balaban J connectivity index is 1.70. The van der Waals surface area contributed by atoms with Crippen molar-refractivity contribution < 1.29 is 9.90 Å². The fraction of sp³-hybridized carbons (Fsp3) is 0.933. The van der Waals surface area contributed by atoms with Crippen LogP contribution in [-0.4, -0.2) is 35.2 Å². The summed E-state index contributed by atoms with van der Waals surface area (Å²) in [6, 6.07) is 0.154. The van der Waals surface area contributed by atoms with Crippen LogP contribution in [0, 0.1) is 0 Å². The molecule has 0 aromatic carbocycles. The van der Waals surface area contributed by atoms with Gasteiger partial charge in [0.05, 0.1) is 11.6 Å². The number of hydrogen-bond acceptors (Lipinski definition) is 3. The van der Waals surface area contributed by atoms with Gasteiger partial charge in [0.15, 0.2) is 0 Å². The van der Waals surface area contributed by atoms with Crippen LogP contribution < -0.4 is 10.6 Å². The van der Waals surface area contributed by atoms with Crippen molar-refractivity contribution in [2.45, 2.75) is 82.4 Å². The van der Waals surface area contributed by atoms with Crippen molar-refractivity contribution >= 4 is 5.91 Å². The number of nitrogens with one attached hydrogen (secondary N) is 2. The number of hydrogen-bond donors (Lipinski definition) is 3. The van der Waals surface area contributed by atoms with Crippen LogP contribution >= 0.6 is 0 Å². The molecule has 3 N–H and O–H groups in total. The van der Waals surface area contributed by atoms with Crippen LogP contribution in [0.25, 0.3) is 0 Å². The van der Waals surface area contributed by atoms with Crippen molar-refractivity contribution in [2.24, 2.45) is 0 Å². The number of rotatable bonds is 5. The summed E-state index contributed by atoms with van der Waals surface area (Å²) in [5, 5.41) is 16.7. The summed E-state index contributed by atoms with van der Waals surface area (Å²) in [4.78, 5) is 12.0. The molecule has 0 aliphatic heterocycles. The van der Waals surface area contributed by atoms with E-state index in [4.69, 9.17) is 0 Å². The molecule has 2 fully saturated rings. The molecule has 0 unspecified atom stereocenters. The molecule has 0 aromatic rings. The van der Waals surface area contributed by atoms with Gasteiger partial charge in [-0.2, -0.15) is 0 Å². The summed E-state index contributed by atoms with van der Waals surface area (Å²) in [6.45, 7) is 2.42. The third-order valence-corrected chi connectivity index (χ3v) is 4.62. The Morgan fingerprint density at radius 2 is 1.84 bits per heavy atom. The predicted octanol–water partition coefficient (Wildman–Crippen LogP) is 1.72. The topological polar surface area (TPSA) is 61.4 Å². The standard InChI is InChI=1S/C15H28N2O2/c1-12(14(18)17-13-7-3-4-8-13)16-11-15(19)9-5-2-6-10-15/h12-13,16,19H,2-11H2,1H3,(H,17,18)/t12-/m1/s1. The van der Waals surface area contributed by atoms with Crippen LogP contribution in [-0.2, 0) is 4.79 Å². The Bertz CT molecular complexity index is 295. The van der Waals surface area contributed by atoms with Crippen molar-refractivity contribution in [2.75, 3.05) is 6.54 Å². The second-order valence-corrected chi connectivity index (χ2v) is 6.38. The van der Waals surface area contributed by atoms with E-state index < -0.39 is 5.60 Å². The third-order valence-electron chi connectivity index (χ3n) is 4.62. The van der Waals surface area contributed by atoms with Gasteiger partial charge in [-0.15, -0.1) is 0 Å². The maximum absolute atomic E-state index is 12.0.